The van der Waals surface area contributed by atoms with Crippen LogP contribution < -0.4 is 0 Å². The maximum Gasteiger partial charge on any atom is 0.341 e. The minimum Gasteiger partial charge on any atom is -0.472 e. The zero-order valence-electron chi connectivity index (χ0n) is 34.3. The average molecular weight is 817 g/mol. The van der Waals surface area contributed by atoms with Gasteiger partial charge in [0.1, 0.15) is 29.5 Å². The standard InChI is InChI=1S/C41H52O17/c1-11-19(2)28(45)52-24-15-33(6)27(22-12-13-50-17-22)53-26(44)16-38(33)41-30(51-21(4)42)39(48)29(54-31(46)34(7)20(3)55-34)32(5)18-37(39,47)35(8,23(32)14-25(43)49-10)40(24,41)57-36(9,56-38)58-41/h12-13,17,19-20,23-24,27,29-30,47-48H,11,14-16,18H2,1-10H3. The molecular formula is C41H52O17. The predicted molar refractivity (Wildman–Crippen MR) is 189 cm³/mol. The van der Waals surface area contributed by atoms with Crippen molar-refractivity contribution < 1.29 is 81.2 Å². The van der Waals surface area contributed by atoms with E-state index in [1.54, 1.807) is 40.7 Å². The fourth-order valence-corrected chi connectivity index (χ4v) is 13.6. The Labute approximate surface area is 334 Å². The summed E-state index contributed by atoms with van der Waals surface area (Å²) in [6.07, 6.45) is -5.16. The molecule has 2 N–H and O–H groups in total. The Balaban J connectivity index is 1.40. The van der Waals surface area contributed by atoms with E-state index in [2.05, 4.69) is 0 Å². The zero-order valence-corrected chi connectivity index (χ0v) is 34.3. The Bertz CT molecular complexity index is 2020. The summed E-state index contributed by atoms with van der Waals surface area (Å²) in [7, 11) is 1.21. The summed E-state index contributed by atoms with van der Waals surface area (Å²) in [4.78, 5) is 70.0. The van der Waals surface area contributed by atoms with Crippen molar-refractivity contribution in [3.63, 3.8) is 0 Å². The fraction of sp³-hybridized carbons (Fsp3) is 0.780. The Morgan fingerprint density at radius 3 is 2.24 bits per heavy atom. The number of methoxy groups -OCH3 is 1. The molecule has 4 aliphatic heterocycles. The third kappa shape index (κ3) is 3.98. The van der Waals surface area contributed by atoms with Crippen molar-refractivity contribution in [3.8, 4) is 0 Å². The first-order valence-electron chi connectivity index (χ1n) is 20.0. The van der Waals surface area contributed by atoms with Gasteiger partial charge in [-0.1, -0.05) is 34.6 Å². The highest BCUT2D eigenvalue weighted by molar-refractivity contribution is 5.83. The number of carbonyl (C=O) groups excluding carboxylic acids is 5. The molecule has 8 fully saturated rings. The summed E-state index contributed by atoms with van der Waals surface area (Å²) in [5.41, 5.74) is -17.7. The maximum atomic E-state index is 14.2. The third-order valence-corrected chi connectivity index (χ3v) is 16.4. The molecule has 1 aromatic rings. The molecule has 0 amide bonds. The van der Waals surface area contributed by atoms with Gasteiger partial charge in [0.05, 0.1) is 38.1 Å². The van der Waals surface area contributed by atoms with Crippen LogP contribution in [0, 0.1) is 28.1 Å². The summed E-state index contributed by atoms with van der Waals surface area (Å²) >= 11 is 0. The van der Waals surface area contributed by atoms with Crippen molar-refractivity contribution in [2.75, 3.05) is 7.11 Å². The van der Waals surface area contributed by atoms with Crippen LogP contribution in [0.4, 0.5) is 0 Å². The van der Waals surface area contributed by atoms with Gasteiger partial charge in [-0.3, -0.25) is 19.2 Å². The molecule has 17 heteroatoms. The van der Waals surface area contributed by atoms with E-state index in [0.717, 1.165) is 6.92 Å². The van der Waals surface area contributed by atoms with E-state index in [9.17, 15) is 34.2 Å². The minimum atomic E-state index is -2.78. The summed E-state index contributed by atoms with van der Waals surface area (Å²) in [5, 5.41) is 27.8. The lowest BCUT2D eigenvalue weighted by Crippen LogP contribution is -2.99. The van der Waals surface area contributed by atoms with Gasteiger partial charge in [-0.15, -0.1) is 0 Å². The van der Waals surface area contributed by atoms with E-state index in [-0.39, 0.29) is 12.8 Å². The number of esters is 5. The van der Waals surface area contributed by atoms with Crippen LogP contribution in [0.5, 0.6) is 0 Å². The van der Waals surface area contributed by atoms with Crippen molar-refractivity contribution in [3.05, 3.63) is 24.2 Å². The van der Waals surface area contributed by atoms with Crippen LogP contribution in [0.3, 0.4) is 0 Å². The number of furan rings is 1. The van der Waals surface area contributed by atoms with Crippen molar-refractivity contribution in [2.45, 2.75) is 165 Å². The lowest BCUT2D eigenvalue weighted by Gasteiger charge is -2.79. The molecule has 5 heterocycles. The number of rotatable bonds is 9. The second-order valence-corrected chi connectivity index (χ2v) is 19.0. The van der Waals surface area contributed by atoms with E-state index >= 15 is 0 Å². The number of hydrogen-bond donors (Lipinski definition) is 2. The van der Waals surface area contributed by atoms with Crippen LogP contribution in [0.2, 0.25) is 0 Å². The molecule has 0 aromatic carbocycles. The fourth-order valence-electron chi connectivity index (χ4n) is 13.6. The monoisotopic (exact) mass is 816 g/mol. The van der Waals surface area contributed by atoms with Gasteiger partial charge < -0.3 is 57.3 Å². The van der Waals surface area contributed by atoms with E-state index in [1.807, 2.05) is 6.92 Å². The molecule has 8 aliphatic rings. The first kappa shape index (κ1) is 39.8. The van der Waals surface area contributed by atoms with Crippen LogP contribution >= 0.6 is 0 Å². The quantitative estimate of drug-likeness (QED) is 0.208. The molecule has 4 saturated carbocycles. The van der Waals surface area contributed by atoms with Gasteiger partial charge in [-0.05, 0) is 45.1 Å². The number of hydrogen-bond acceptors (Lipinski definition) is 17. The molecule has 4 bridgehead atoms. The lowest BCUT2D eigenvalue weighted by atomic mass is 9.31. The predicted octanol–water partition coefficient (Wildman–Crippen LogP) is 2.71. The van der Waals surface area contributed by atoms with Crippen LogP contribution in [0.1, 0.15) is 106 Å². The molecule has 4 aliphatic carbocycles. The average Bonchev–Trinajstić information content (AvgIpc) is 3.60. The van der Waals surface area contributed by atoms with Crippen molar-refractivity contribution in [2.24, 2.45) is 28.1 Å². The lowest BCUT2D eigenvalue weighted by molar-refractivity contribution is -0.479. The number of carbonyl (C=O) groups is 5. The second kappa shape index (κ2) is 11.4. The highest BCUT2D eigenvalue weighted by Crippen LogP contribution is 2.89. The van der Waals surface area contributed by atoms with E-state index in [4.69, 9.17) is 47.0 Å². The number of cyclic esters (lactones) is 1. The molecule has 17 atom stereocenters. The number of fused-ring (bicyclic) bond motifs is 2. The normalized spacial score (nSPS) is 52.9. The second-order valence-electron chi connectivity index (χ2n) is 19.0. The van der Waals surface area contributed by atoms with E-state index in [0.29, 0.717) is 12.0 Å². The van der Waals surface area contributed by atoms with E-state index < -0.39 is 141 Å². The van der Waals surface area contributed by atoms with Gasteiger partial charge in [-0.25, -0.2) is 4.79 Å². The smallest absolute Gasteiger partial charge is 0.341 e. The summed E-state index contributed by atoms with van der Waals surface area (Å²) < 4.78 is 63.0. The first-order valence-corrected chi connectivity index (χ1v) is 20.0. The molecule has 17 nitrogen and oxygen atoms in total. The summed E-state index contributed by atoms with van der Waals surface area (Å²) in [6.45, 7) is 14.3. The van der Waals surface area contributed by atoms with Crippen LogP contribution in [-0.2, 0) is 66.6 Å². The molecule has 1 aromatic heterocycles. The van der Waals surface area contributed by atoms with Crippen LogP contribution in [0.25, 0.3) is 0 Å². The molecule has 4 saturated heterocycles. The first-order chi connectivity index (χ1) is 26.9. The van der Waals surface area contributed by atoms with Gasteiger partial charge in [-0.2, -0.15) is 0 Å². The van der Waals surface area contributed by atoms with Crippen LogP contribution in [0.15, 0.2) is 23.0 Å². The zero-order chi connectivity index (χ0) is 42.2. The molecule has 0 radical (unpaired) electrons. The Hall–Kier alpha value is -3.61. The minimum absolute atomic E-state index is 0.149. The Kier molecular flexibility index (Phi) is 7.83. The number of epoxide rings is 1. The summed E-state index contributed by atoms with van der Waals surface area (Å²) in [6, 6.07) is 1.62. The van der Waals surface area contributed by atoms with Gasteiger partial charge in [0.2, 0.25) is 0 Å². The molecule has 9 rings (SSSR count). The molecule has 58 heavy (non-hydrogen) atoms. The van der Waals surface area contributed by atoms with Crippen molar-refractivity contribution in [1.82, 2.24) is 0 Å². The van der Waals surface area contributed by atoms with E-state index in [1.165, 1.54) is 33.5 Å². The Morgan fingerprint density at radius 1 is 0.983 bits per heavy atom. The number of ether oxygens (including phenoxy) is 9. The third-order valence-electron chi connectivity index (χ3n) is 16.4. The van der Waals surface area contributed by atoms with Crippen molar-refractivity contribution >= 4 is 29.8 Å². The largest absolute Gasteiger partial charge is 0.472 e. The van der Waals surface area contributed by atoms with Crippen LogP contribution in [-0.4, -0.2) is 111 Å². The highest BCUT2D eigenvalue weighted by Gasteiger charge is 3.07. The molecule has 17 unspecified atom stereocenters. The molecule has 2 spiro atoms. The van der Waals surface area contributed by atoms with Gasteiger partial charge in [0.15, 0.2) is 28.5 Å². The van der Waals surface area contributed by atoms with Gasteiger partial charge in [0, 0.05) is 42.1 Å². The maximum absolute atomic E-state index is 14.2. The van der Waals surface area contributed by atoms with Crippen molar-refractivity contribution in [1.29, 1.82) is 0 Å². The molecule has 318 valence electrons. The highest BCUT2D eigenvalue weighted by atomic mass is 17.0. The summed E-state index contributed by atoms with van der Waals surface area (Å²) in [5.74, 6) is -7.76. The van der Waals surface area contributed by atoms with Gasteiger partial charge in [0.25, 0.3) is 5.97 Å². The Morgan fingerprint density at radius 2 is 1.66 bits per heavy atom. The van der Waals surface area contributed by atoms with Gasteiger partial charge >= 0.3 is 29.8 Å². The SMILES string of the molecule is CCC(C)C(=O)OC1CC2(C)C(c3ccoc3)OC(=O)CC23OC2(C)OC34C(OC(C)=O)C3(O)C(OC(=O)C5(C)OC5C)C5(C)CC3(O)C(C)(C5CC(=O)OC)C14O2. The number of aliphatic hydroxyl groups is 2. The molecular weight excluding hydrogens is 764 g/mol. The topological polar surface area (TPSA) is 225 Å².